The molecule has 4 aromatic rings. The lowest BCUT2D eigenvalue weighted by atomic mass is 10.1. The quantitative estimate of drug-likeness (QED) is 0.509. The maximum absolute atomic E-state index is 5.84. The van der Waals surface area contributed by atoms with Gasteiger partial charge in [-0.1, -0.05) is 42.5 Å². The second-order valence-electron chi connectivity index (χ2n) is 6.48. The molecule has 8 nitrogen and oxygen atoms in total. The van der Waals surface area contributed by atoms with Crippen LogP contribution in [0.4, 0.5) is 0 Å². The van der Waals surface area contributed by atoms with Gasteiger partial charge >= 0.3 is 0 Å². The second-order valence-corrected chi connectivity index (χ2v) is 6.48. The van der Waals surface area contributed by atoms with Crippen LogP contribution in [0, 0.1) is 0 Å². The number of nitrogens with zero attached hydrogens (tertiary/aromatic N) is 6. The summed E-state index contributed by atoms with van der Waals surface area (Å²) in [6.07, 6.45) is 2.78. The van der Waals surface area contributed by atoms with E-state index in [4.69, 9.17) is 4.74 Å². The molecular weight excluding hydrogens is 354 g/mol. The molecule has 0 radical (unpaired) electrons. The maximum atomic E-state index is 5.84. The third-order valence-electron chi connectivity index (χ3n) is 4.40. The van der Waals surface area contributed by atoms with Crippen LogP contribution in [0.2, 0.25) is 0 Å². The molecule has 28 heavy (non-hydrogen) atoms. The first kappa shape index (κ1) is 17.8. The first-order chi connectivity index (χ1) is 13.8. The minimum Gasteiger partial charge on any atom is -0.486 e. The highest BCUT2D eigenvalue weighted by atomic mass is 16.5. The number of hydrogen-bond acceptors (Lipinski definition) is 6. The number of aromatic nitrogens is 7. The molecule has 4 rings (SSSR count). The van der Waals surface area contributed by atoms with Crippen molar-refractivity contribution in [1.82, 2.24) is 35.4 Å². The molecule has 0 aliphatic heterocycles. The smallest absolute Gasteiger partial charge is 0.188 e. The molecule has 2 heterocycles. The summed E-state index contributed by atoms with van der Waals surface area (Å²) in [5, 5.41) is 18.3. The fourth-order valence-electron chi connectivity index (χ4n) is 2.98. The van der Waals surface area contributed by atoms with Crippen molar-refractivity contribution in [3.63, 3.8) is 0 Å². The summed E-state index contributed by atoms with van der Waals surface area (Å²) in [7, 11) is 1.89. The fraction of sp³-hybridized carbons (Fsp3) is 0.250. The highest BCUT2D eigenvalue weighted by Gasteiger charge is 2.09. The van der Waals surface area contributed by atoms with E-state index in [0.29, 0.717) is 12.4 Å². The molecule has 142 valence electrons. The van der Waals surface area contributed by atoms with Crippen LogP contribution in [0.5, 0.6) is 5.75 Å². The summed E-state index contributed by atoms with van der Waals surface area (Å²) < 4.78 is 7.62. The van der Waals surface area contributed by atoms with Crippen LogP contribution in [0.3, 0.4) is 0 Å². The van der Waals surface area contributed by atoms with E-state index < -0.39 is 0 Å². The summed E-state index contributed by atoms with van der Waals surface area (Å²) >= 11 is 0. The van der Waals surface area contributed by atoms with Crippen molar-refractivity contribution in [3.05, 3.63) is 71.8 Å². The van der Waals surface area contributed by atoms with Crippen LogP contribution in [0.15, 0.2) is 54.6 Å². The van der Waals surface area contributed by atoms with Gasteiger partial charge in [0.2, 0.25) is 0 Å². The minimum atomic E-state index is 0.332. The lowest BCUT2D eigenvalue weighted by Crippen LogP contribution is -1.99. The Balaban J connectivity index is 1.30. The Bertz CT molecular complexity index is 995. The van der Waals surface area contributed by atoms with Gasteiger partial charge in [0.1, 0.15) is 18.2 Å². The zero-order valence-electron chi connectivity index (χ0n) is 15.6. The fourth-order valence-corrected chi connectivity index (χ4v) is 2.98. The zero-order valence-corrected chi connectivity index (χ0v) is 15.6. The van der Waals surface area contributed by atoms with Gasteiger partial charge in [-0.3, -0.25) is 0 Å². The standard InChI is InChI=1S/C20H21N7O/c1-27-20(16-7-3-2-4-8-16)21-19(24-27)14-28-17-12-10-15(11-13-17)6-5-9-18-22-25-26-23-18/h2-4,7-8,10-13H,5-6,9,14H2,1H3,(H,22,23,25,26). The van der Waals surface area contributed by atoms with Gasteiger partial charge in [0, 0.05) is 19.0 Å². The molecule has 0 aliphatic rings. The number of benzene rings is 2. The number of aryl methyl sites for hydroxylation is 3. The summed E-state index contributed by atoms with van der Waals surface area (Å²) in [5.74, 6) is 3.11. The molecule has 0 fully saturated rings. The van der Waals surface area contributed by atoms with Crippen LogP contribution < -0.4 is 4.74 Å². The number of rotatable bonds is 8. The number of tetrazole rings is 1. The van der Waals surface area contributed by atoms with Crippen LogP contribution >= 0.6 is 0 Å². The molecule has 2 aromatic carbocycles. The third kappa shape index (κ3) is 4.40. The van der Waals surface area contributed by atoms with E-state index in [-0.39, 0.29) is 0 Å². The van der Waals surface area contributed by atoms with Gasteiger partial charge in [-0.25, -0.2) is 14.8 Å². The van der Waals surface area contributed by atoms with Crippen molar-refractivity contribution < 1.29 is 4.74 Å². The van der Waals surface area contributed by atoms with Crippen LogP contribution in [0.1, 0.15) is 23.6 Å². The summed E-state index contributed by atoms with van der Waals surface area (Å²) in [6, 6.07) is 18.1. The number of H-pyrrole nitrogens is 1. The van der Waals surface area contributed by atoms with Crippen molar-refractivity contribution in [3.8, 4) is 17.1 Å². The van der Waals surface area contributed by atoms with E-state index >= 15 is 0 Å². The molecule has 1 N–H and O–H groups in total. The largest absolute Gasteiger partial charge is 0.486 e. The Hall–Kier alpha value is -3.55. The zero-order chi connectivity index (χ0) is 19.2. The monoisotopic (exact) mass is 375 g/mol. The Kier molecular flexibility index (Phi) is 5.37. The van der Waals surface area contributed by atoms with Gasteiger partial charge in [0.25, 0.3) is 0 Å². The number of nitrogens with one attached hydrogen (secondary N) is 1. The molecule has 0 saturated heterocycles. The van der Waals surface area contributed by atoms with E-state index in [1.807, 2.05) is 49.5 Å². The minimum absolute atomic E-state index is 0.332. The van der Waals surface area contributed by atoms with Crippen LogP contribution in [-0.4, -0.2) is 35.4 Å². The van der Waals surface area contributed by atoms with Crippen molar-refractivity contribution in [2.75, 3.05) is 0 Å². The molecule has 0 aliphatic carbocycles. The summed E-state index contributed by atoms with van der Waals surface area (Å²) in [6.45, 7) is 0.332. The maximum Gasteiger partial charge on any atom is 0.188 e. The second kappa shape index (κ2) is 8.43. The normalized spacial score (nSPS) is 10.9. The van der Waals surface area contributed by atoms with E-state index in [1.165, 1.54) is 5.56 Å². The third-order valence-corrected chi connectivity index (χ3v) is 4.40. The average Bonchev–Trinajstić information content (AvgIpc) is 3.38. The highest BCUT2D eigenvalue weighted by molar-refractivity contribution is 5.54. The average molecular weight is 375 g/mol. The van der Waals surface area contributed by atoms with Crippen molar-refractivity contribution in [1.29, 1.82) is 0 Å². The first-order valence-corrected chi connectivity index (χ1v) is 9.17. The Morgan fingerprint density at radius 3 is 2.57 bits per heavy atom. The molecule has 2 aromatic heterocycles. The van der Waals surface area contributed by atoms with E-state index in [0.717, 1.165) is 42.2 Å². The molecule has 0 amide bonds. The summed E-state index contributed by atoms with van der Waals surface area (Å²) in [5.41, 5.74) is 2.29. The molecule has 0 saturated carbocycles. The number of hydrogen-bond donors (Lipinski definition) is 1. The van der Waals surface area contributed by atoms with Gasteiger partial charge in [-0.2, -0.15) is 5.10 Å². The molecule has 0 bridgehead atoms. The Morgan fingerprint density at radius 1 is 1.00 bits per heavy atom. The SMILES string of the molecule is Cn1nc(COc2ccc(CCCc3nnn[nH]3)cc2)nc1-c1ccccc1. The molecule has 0 unspecified atom stereocenters. The molecule has 8 heteroatoms. The van der Waals surface area contributed by atoms with Gasteiger partial charge < -0.3 is 4.74 Å². The van der Waals surface area contributed by atoms with Gasteiger partial charge in [0.05, 0.1) is 0 Å². The van der Waals surface area contributed by atoms with Gasteiger partial charge in [0.15, 0.2) is 11.6 Å². The van der Waals surface area contributed by atoms with E-state index in [2.05, 4.69) is 42.8 Å². The Labute approximate surface area is 162 Å². The number of aromatic amines is 1. The summed E-state index contributed by atoms with van der Waals surface area (Å²) in [4.78, 5) is 4.59. The Morgan fingerprint density at radius 2 is 1.82 bits per heavy atom. The first-order valence-electron chi connectivity index (χ1n) is 9.17. The van der Waals surface area contributed by atoms with Crippen molar-refractivity contribution in [2.24, 2.45) is 7.05 Å². The lowest BCUT2D eigenvalue weighted by molar-refractivity contribution is 0.295. The van der Waals surface area contributed by atoms with Gasteiger partial charge in [-0.15, -0.1) is 5.10 Å². The van der Waals surface area contributed by atoms with Gasteiger partial charge in [-0.05, 0) is 41.0 Å². The molecule has 0 spiro atoms. The van der Waals surface area contributed by atoms with E-state index in [1.54, 1.807) is 4.68 Å². The molecular formula is C20H21N7O. The predicted octanol–water partition coefficient (Wildman–Crippen LogP) is 2.75. The topological polar surface area (TPSA) is 94.4 Å². The lowest BCUT2D eigenvalue weighted by Gasteiger charge is -2.05. The van der Waals surface area contributed by atoms with Crippen LogP contribution in [0.25, 0.3) is 11.4 Å². The molecule has 0 atom stereocenters. The van der Waals surface area contributed by atoms with Crippen LogP contribution in [-0.2, 0) is 26.5 Å². The number of ether oxygens (including phenoxy) is 1. The predicted molar refractivity (Wildman–Crippen MR) is 103 cm³/mol. The van der Waals surface area contributed by atoms with Crippen molar-refractivity contribution in [2.45, 2.75) is 25.9 Å². The van der Waals surface area contributed by atoms with Crippen molar-refractivity contribution >= 4 is 0 Å². The van der Waals surface area contributed by atoms with E-state index in [9.17, 15) is 0 Å². The highest BCUT2D eigenvalue weighted by Crippen LogP contribution is 2.18.